The predicted molar refractivity (Wildman–Crippen MR) is 124 cm³/mol. The van der Waals surface area contributed by atoms with E-state index in [0.717, 1.165) is 48.4 Å². The Bertz CT molecular complexity index is 1370. The standard InChI is InChI=1S/C24H20N2O7S/c1-34(31,32)22-13-12-18(14-21(22)26(29)30)24(28)33-15-23(27)25-19-8-4-2-6-16(19)10-11-17-7-3-5-9-20(17)25/h2-9,12-14H,10-11,15H2,1H3. The van der Waals surface area contributed by atoms with Crippen molar-refractivity contribution in [1.82, 2.24) is 0 Å². The van der Waals surface area contributed by atoms with Crippen LogP contribution in [-0.2, 0) is 32.2 Å². The molecule has 1 heterocycles. The number of carbonyl (C=O) groups excluding carboxylic acids is 2. The Balaban J connectivity index is 1.60. The largest absolute Gasteiger partial charge is 0.452 e. The zero-order chi connectivity index (χ0) is 24.5. The van der Waals surface area contributed by atoms with E-state index in [1.165, 1.54) is 4.90 Å². The number of sulfone groups is 1. The normalized spacial score (nSPS) is 12.8. The quantitative estimate of drug-likeness (QED) is 0.310. The highest BCUT2D eigenvalue weighted by molar-refractivity contribution is 7.90. The highest BCUT2D eigenvalue weighted by Crippen LogP contribution is 2.36. The van der Waals surface area contributed by atoms with E-state index < -0.39 is 43.8 Å². The molecule has 1 aliphatic rings. The first-order valence-corrected chi connectivity index (χ1v) is 12.2. The number of nitro groups is 1. The van der Waals surface area contributed by atoms with Gasteiger partial charge in [-0.2, -0.15) is 0 Å². The van der Waals surface area contributed by atoms with Crippen molar-refractivity contribution in [3.8, 4) is 0 Å². The lowest BCUT2D eigenvalue weighted by Gasteiger charge is -2.24. The summed E-state index contributed by atoms with van der Waals surface area (Å²) in [5.41, 5.74) is 2.38. The maximum Gasteiger partial charge on any atom is 0.338 e. The molecule has 1 amide bonds. The van der Waals surface area contributed by atoms with Crippen LogP contribution in [0.4, 0.5) is 17.1 Å². The highest BCUT2D eigenvalue weighted by Gasteiger charge is 2.28. The van der Waals surface area contributed by atoms with Crippen LogP contribution in [0.5, 0.6) is 0 Å². The highest BCUT2D eigenvalue weighted by atomic mass is 32.2. The molecule has 0 aromatic heterocycles. The lowest BCUT2D eigenvalue weighted by molar-refractivity contribution is -0.387. The van der Waals surface area contributed by atoms with Crippen molar-refractivity contribution in [3.63, 3.8) is 0 Å². The second kappa shape index (κ2) is 9.06. The fraction of sp³-hybridized carbons (Fsp3) is 0.167. The summed E-state index contributed by atoms with van der Waals surface area (Å²) in [4.78, 5) is 37.2. The van der Waals surface area contributed by atoms with Gasteiger partial charge in [0.25, 0.3) is 11.6 Å². The lowest BCUT2D eigenvalue weighted by Crippen LogP contribution is -2.31. The molecule has 0 bridgehead atoms. The average molecular weight is 480 g/mol. The minimum atomic E-state index is -3.88. The molecule has 3 aromatic carbocycles. The van der Waals surface area contributed by atoms with Crippen molar-refractivity contribution in [3.05, 3.63) is 93.5 Å². The molecule has 0 saturated carbocycles. The van der Waals surface area contributed by atoms with E-state index in [1.807, 2.05) is 48.5 Å². The van der Waals surface area contributed by atoms with E-state index in [4.69, 9.17) is 4.74 Å². The third kappa shape index (κ3) is 4.53. The van der Waals surface area contributed by atoms with E-state index in [9.17, 15) is 28.1 Å². The SMILES string of the molecule is CS(=O)(=O)c1ccc(C(=O)OCC(=O)N2c3ccccc3CCc3ccccc32)cc1[N+](=O)[O-]. The summed E-state index contributed by atoms with van der Waals surface area (Å²) >= 11 is 0. The zero-order valence-electron chi connectivity index (χ0n) is 18.1. The summed E-state index contributed by atoms with van der Waals surface area (Å²) in [5.74, 6) is -1.47. The summed E-state index contributed by atoms with van der Waals surface area (Å²) in [7, 11) is -3.88. The Hall–Kier alpha value is -4.05. The van der Waals surface area contributed by atoms with E-state index in [-0.39, 0.29) is 5.56 Å². The van der Waals surface area contributed by atoms with Gasteiger partial charge in [0.2, 0.25) is 0 Å². The van der Waals surface area contributed by atoms with Crippen molar-refractivity contribution < 1.29 is 27.7 Å². The number of rotatable bonds is 5. The average Bonchev–Trinajstić information content (AvgIpc) is 2.98. The van der Waals surface area contributed by atoms with Crippen LogP contribution in [-0.4, -0.2) is 38.1 Å². The number of amides is 1. The minimum Gasteiger partial charge on any atom is -0.452 e. The smallest absolute Gasteiger partial charge is 0.338 e. The molecule has 174 valence electrons. The molecule has 0 N–H and O–H groups in total. The molecule has 0 saturated heterocycles. The number of nitro benzene ring substituents is 1. The lowest BCUT2D eigenvalue weighted by atomic mass is 10.0. The number of hydrogen-bond acceptors (Lipinski definition) is 7. The molecule has 0 spiro atoms. The van der Waals surface area contributed by atoms with Gasteiger partial charge in [0, 0.05) is 12.3 Å². The van der Waals surface area contributed by atoms with Gasteiger partial charge >= 0.3 is 5.97 Å². The molecular formula is C24H20N2O7S. The van der Waals surface area contributed by atoms with Gasteiger partial charge in [0.05, 0.1) is 21.9 Å². The van der Waals surface area contributed by atoms with Gasteiger partial charge in [-0.15, -0.1) is 0 Å². The number of aryl methyl sites for hydroxylation is 2. The molecule has 0 atom stereocenters. The van der Waals surface area contributed by atoms with Gasteiger partial charge < -0.3 is 4.74 Å². The Morgan fingerprint density at radius 3 is 2.06 bits per heavy atom. The molecule has 0 fully saturated rings. The van der Waals surface area contributed by atoms with E-state index in [2.05, 4.69) is 0 Å². The van der Waals surface area contributed by atoms with E-state index in [1.54, 1.807) is 0 Å². The number of benzene rings is 3. The Labute approximate surface area is 195 Å². The fourth-order valence-corrected chi connectivity index (χ4v) is 4.75. The number of ether oxygens (including phenoxy) is 1. The molecule has 0 aliphatic carbocycles. The van der Waals surface area contributed by atoms with Crippen LogP contribution in [0.2, 0.25) is 0 Å². The van der Waals surface area contributed by atoms with E-state index >= 15 is 0 Å². The maximum absolute atomic E-state index is 13.2. The molecule has 3 aromatic rings. The third-order valence-corrected chi connectivity index (χ3v) is 6.64. The van der Waals surface area contributed by atoms with Gasteiger partial charge in [-0.3, -0.25) is 19.8 Å². The monoisotopic (exact) mass is 480 g/mol. The first-order chi connectivity index (χ1) is 16.2. The van der Waals surface area contributed by atoms with Gasteiger partial charge in [-0.1, -0.05) is 36.4 Å². The number of nitrogens with zero attached hydrogens (tertiary/aromatic N) is 2. The predicted octanol–water partition coefficient (Wildman–Crippen LogP) is 3.62. The Kier molecular flexibility index (Phi) is 6.16. The van der Waals surface area contributed by atoms with Crippen LogP contribution in [0.15, 0.2) is 71.6 Å². The summed E-state index contributed by atoms with van der Waals surface area (Å²) < 4.78 is 28.7. The fourth-order valence-electron chi connectivity index (χ4n) is 3.92. The number of para-hydroxylation sites is 2. The topological polar surface area (TPSA) is 124 Å². The first kappa shape index (κ1) is 23.1. The number of fused-ring (bicyclic) bond motifs is 2. The number of anilines is 2. The van der Waals surface area contributed by atoms with Crippen LogP contribution in [0.3, 0.4) is 0 Å². The van der Waals surface area contributed by atoms with Crippen molar-refractivity contribution in [2.75, 3.05) is 17.8 Å². The van der Waals surface area contributed by atoms with Gasteiger partial charge in [-0.25, -0.2) is 13.2 Å². The maximum atomic E-state index is 13.2. The summed E-state index contributed by atoms with van der Waals surface area (Å²) in [6.45, 7) is -0.608. The van der Waals surface area contributed by atoms with Crippen molar-refractivity contribution in [1.29, 1.82) is 0 Å². The van der Waals surface area contributed by atoms with Crippen LogP contribution in [0.25, 0.3) is 0 Å². The van der Waals surface area contributed by atoms with E-state index in [0.29, 0.717) is 11.4 Å². The molecule has 0 radical (unpaired) electrons. The molecule has 34 heavy (non-hydrogen) atoms. The van der Waals surface area contributed by atoms with Gasteiger partial charge in [0.15, 0.2) is 16.4 Å². The molecule has 4 rings (SSSR count). The van der Waals surface area contributed by atoms with Crippen molar-refractivity contribution in [2.45, 2.75) is 17.7 Å². The first-order valence-electron chi connectivity index (χ1n) is 10.3. The number of carbonyl (C=O) groups is 2. The van der Waals surface area contributed by atoms with Crippen LogP contribution < -0.4 is 4.90 Å². The van der Waals surface area contributed by atoms with Crippen LogP contribution >= 0.6 is 0 Å². The van der Waals surface area contributed by atoms with Crippen molar-refractivity contribution >= 4 is 38.8 Å². The van der Waals surface area contributed by atoms with Crippen LogP contribution in [0, 0.1) is 10.1 Å². The summed E-state index contributed by atoms with van der Waals surface area (Å²) in [6, 6.07) is 17.9. The molecule has 0 unspecified atom stereocenters. The second-order valence-corrected chi connectivity index (χ2v) is 9.76. The molecular weight excluding hydrogens is 460 g/mol. The second-order valence-electron chi connectivity index (χ2n) is 7.77. The Morgan fingerprint density at radius 2 is 1.53 bits per heavy atom. The number of hydrogen-bond donors (Lipinski definition) is 0. The third-order valence-electron chi connectivity index (χ3n) is 5.50. The molecule has 1 aliphatic heterocycles. The Morgan fingerprint density at radius 1 is 0.971 bits per heavy atom. The van der Waals surface area contributed by atoms with Crippen LogP contribution in [0.1, 0.15) is 21.5 Å². The van der Waals surface area contributed by atoms with Gasteiger partial charge in [-0.05, 0) is 48.2 Å². The van der Waals surface area contributed by atoms with Gasteiger partial charge in [0.1, 0.15) is 4.90 Å². The summed E-state index contributed by atoms with van der Waals surface area (Å²) in [5, 5.41) is 11.3. The van der Waals surface area contributed by atoms with Crippen molar-refractivity contribution in [2.24, 2.45) is 0 Å². The minimum absolute atomic E-state index is 0.233. The molecule has 10 heteroatoms. The zero-order valence-corrected chi connectivity index (χ0v) is 18.9. The molecule has 9 nitrogen and oxygen atoms in total. The summed E-state index contributed by atoms with van der Waals surface area (Å²) in [6.07, 6.45) is 2.32. The number of esters is 1.